The van der Waals surface area contributed by atoms with Gasteiger partial charge in [0.1, 0.15) is 5.54 Å². The van der Waals surface area contributed by atoms with Gasteiger partial charge < -0.3 is 5.32 Å². The highest BCUT2D eigenvalue weighted by molar-refractivity contribution is 6.07. The third-order valence-electron chi connectivity index (χ3n) is 7.58. The molecule has 0 bridgehead atoms. The number of nitrogens with one attached hydrogen (secondary N) is 1. The zero-order chi connectivity index (χ0) is 21.4. The number of carbonyl (C=O) groups is 2. The lowest BCUT2D eigenvalue weighted by Gasteiger charge is -2.38. The van der Waals surface area contributed by atoms with Crippen LogP contribution in [-0.2, 0) is 11.3 Å². The van der Waals surface area contributed by atoms with Crippen molar-refractivity contribution in [3.63, 3.8) is 0 Å². The molecule has 164 valence electrons. The van der Waals surface area contributed by atoms with Crippen LogP contribution in [0.3, 0.4) is 0 Å². The summed E-state index contributed by atoms with van der Waals surface area (Å²) >= 11 is 0. The number of amides is 3. The van der Waals surface area contributed by atoms with Crippen molar-refractivity contribution in [2.45, 2.75) is 44.7 Å². The van der Waals surface area contributed by atoms with E-state index in [9.17, 15) is 9.59 Å². The maximum atomic E-state index is 13.2. The monoisotopic (exact) mass is 420 g/mol. The molecular formula is C25H32N4O2. The van der Waals surface area contributed by atoms with E-state index in [-0.39, 0.29) is 17.9 Å². The Hall–Kier alpha value is -2.44. The molecule has 2 aromatic rings. The van der Waals surface area contributed by atoms with Gasteiger partial charge in [-0.25, -0.2) is 9.69 Å². The van der Waals surface area contributed by atoms with Gasteiger partial charge in [0.15, 0.2) is 0 Å². The third kappa shape index (κ3) is 3.72. The maximum Gasteiger partial charge on any atom is 0.326 e. The van der Waals surface area contributed by atoms with E-state index in [1.54, 1.807) is 0 Å². The number of piperazine rings is 1. The van der Waals surface area contributed by atoms with Gasteiger partial charge in [-0.2, -0.15) is 0 Å². The summed E-state index contributed by atoms with van der Waals surface area (Å²) in [5.41, 5.74) is 0.694. The number of imide groups is 1. The molecule has 2 aliphatic heterocycles. The lowest BCUT2D eigenvalue weighted by atomic mass is 9.73. The van der Waals surface area contributed by atoms with Crippen molar-refractivity contribution >= 4 is 22.7 Å². The summed E-state index contributed by atoms with van der Waals surface area (Å²) in [6.45, 7) is 7.05. The molecule has 0 unspecified atom stereocenters. The van der Waals surface area contributed by atoms with Crippen LogP contribution >= 0.6 is 0 Å². The van der Waals surface area contributed by atoms with Crippen LogP contribution in [0.25, 0.3) is 10.8 Å². The number of hydrogen-bond acceptors (Lipinski definition) is 4. The van der Waals surface area contributed by atoms with E-state index in [1.165, 1.54) is 21.2 Å². The summed E-state index contributed by atoms with van der Waals surface area (Å²) in [6.07, 6.45) is 3.93. The Morgan fingerprint density at radius 3 is 2.52 bits per heavy atom. The van der Waals surface area contributed by atoms with Crippen LogP contribution in [0.5, 0.6) is 0 Å². The maximum absolute atomic E-state index is 13.2. The average Bonchev–Trinajstić information content (AvgIpc) is 3.02. The van der Waals surface area contributed by atoms with Gasteiger partial charge in [-0.15, -0.1) is 0 Å². The van der Waals surface area contributed by atoms with Crippen LogP contribution in [-0.4, -0.2) is 65.0 Å². The van der Waals surface area contributed by atoms with Gasteiger partial charge in [0.25, 0.3) is 5.91 Å². The smallest absolute Gasteiger partial charge is 0.323 e. The molecule has 2 heterocycles. The second-order valence-corrected chi connectivity index (χ2v) is 9.46. The van der Waals surface area contributed by atoms with Crippen molar-refractivity contribution in [2.75, 3.05) is 32.8 Å². The summed E-state index contributed by atoms with van der Waals surface area (Å²) in [5.74, 6) is 0.197. The van der Waals surface area contributed by atoms with E-state index < -0.39 is 5.54 Å². The van der Waals surface area contributed by atoms with Crippen molar-refractivity contribution in [1.82, 2.24) is 20.0 Å². The zero-order valence-corrected chi connectivity index (χ0v) is 18.3. The van der Waals surface area contributed by atoms with Gasteiger partial charge in [0.05, 0.1) is 6.67 Å². The minimum Gasteiger partial charge on any atom is -0.323 e. The molecule has 1 saturated carbocycles. The predicted molar refractivity (Wildman–Crippen MR) is 121 cm³/mol. The Bertz CT molecular complexity index is 979. The van der Waals surface area contributed by atoms with Gasteiger partial charge in [0.2, 0.25) is 0 Å². The molecule has 1 aliphatic carbocycles. The molecule has 0 aromatic heterocycles. The van der Waals surface area contributed by atoms with Gasteiger partial charge in [-0.05, 0) is 35.1 Å². The van der Waals surface area contributed by atoms with Crippen LogP contribution < -0.4 is 5.32 Å². The van der Waals surface area contributed by atoms with Gasteiger partial charge in [0, 0.05) is 32.7 Å². The first-order chi connectivity index (χ1) is 15.1. The van der Waals surface area contributed by atoms with Crippen molar-refractivity contribution in [3.05, 3.63) is 48.0 Å². The second-order valence-electron chi connectivity index (χ2n) is 9.46. The van der Waals surface area contributed by atoms with Gasteiger partial charge in [-0.1, -0.05) is 62.2 Å². The lowest BCUT2D eigenvalue weighted by Crippen LogP contribution is -2.55. The topological polar surface area (TPSA) is 55.9 Å². The first-order valence-electron chi connectivity index (χ1n) is 11.6. The summed E-state index contributed by atoms with van der Waals surface area (Å²) in [4.78, 5) is 32.0. The number of nitrogens with zero attached hydrogens (tertiary/aromatic N) is 3. The molecule has 2 aromatic carbocycles. The second kappa shape index (κ2) is 8.24. The minimum atomic E-state index is -0.661. The Labute approximate surface area is 184 Å². The van der Waals surface area contributed by atoms with Crippen LogP contribution in [0.15, 0.2) is 42.5 Å². The summed E-state index contributed by atoms with van der Waals surface area (Å²) < 4.78 is 0. The largest absolute Gasteiger partial charge is 0.326 e. The van der Waals surface area contributed by atoms with E-state index in [2.05, 4.69) is 64.5 Å². The van der Waals surface area contributed by atoms with Crippen LogP contribution in [0.4, 0.5) is 4.79 Å². The van der Waals surface area contributed by atoms with Crippen molar-refractivity contribution in [1.29, 1.82) is 0 Å². The Morgan fingerprint density at radius 2 is 1.71 bits per heavy atom. The predicted octanol–water partition coefficient (Wildman–Crippen LogP) is 3.42. The fourth-order valence-corrected chi connectivity index (χ4v) is 5.58. The molecule has 2 atom stereocenters. The summed E-state index contributed by atoms with van der Waals surface area (Å²) in [7, 11) is 0. The average molecular weight is 421 g/mol. The quantitative estimate of drug-likeness (QED) is 0.770. The molecular weight excluding hydrogens is 388 g/mol. The highest BCUT2D eigenvalue weighted by Crippen LogP contribution is 2.38. The SMILES string of the molecule is C[C@@H]1CCCC[C@]12NC(=O)N(CN1CCN(Cc3cccc4ccccc34)CC1)C2=O. The molecule has 2 saturated heterocycles. The number of hydrogen-bond donors (Lipinski definition) is 1. The minimum absolute atomic E-state index is 0.0112. The van der Waals surface area contributed by atoms with Crippen LogP contribution in [0.1, 0.15) is 38.2 Å². The lowest BCUT2D eigenvalue weighted by molar-refractivity contribution is -0.136. The Morgan fingerprint density at radius 1 is 0.968 bits per heavy atom. The number of rotatable bonds is 4. The van der Waals surface area contributed by atoms with E-state index in [0.717, 1.165) is 58.4 Å². The zero-order valence-electron chi connectivity index (χ0n) is 18.3. The number of benzene rings is 2. The normalized spacial score (nSPS) is 27.9. The summed E-state index contributed by atoms with van der Waals surface area (Å²) in [6, 6.07) is 14.8. The first kappa shape index (κ1) is 20.5. The fraction of sp³-hybridized carbons (Fsp3) is 0.520. The third-order valence-corrected chi connectivity index (χ3v) is 7.58. The summed E-state index contributed by atoms with van der Waals surface area (Å²) in [5, 5.41) is 5.67. The molecule has 1 N–H and O–H groups in total. The van der Waals surface area contributed by atoms with E-state index in [4.69, 9.17) is 0 Å². The van der Waals surface area contributed by atoms with E-state index in [1.807, 2.05) is 0 Å². The number of carbonyl (C=O) groups excluding carboxylic acids is 2. The van der Waals surface area contributed by atoms with E-state index in [0.29, 0.717) is 6.67 Å². The van der Waals surface area contributed by atoms with Crippen molar-refractivity contribution in [2.24, 2.45) is 5.92 Å². The number of fused-ring (bicyclic) bond motifs is 1. The van der Waals surface area contributed by atoms with Gasteiger partial charge >= 0.3 is 6.03 Å². The number of urea groups is 1. The highest BCUT2D eigenvalue weighted by Gasteiger charge is 2.55. The highest BCUT2D eigenvalue weighted by atomic mass is 16.2. The Kier molecular flexibility index (Phi) is 5.44. The van der Waals surface area contributed by atoms with E-state index >= 15 is 0 Å². The first-order valence-corrected chi connectivity index (χ1v) is 11.6. The molecule has 3 amide bonds. The molecule has 31 heavy (non-hydrogen) atoms. The molecule has 6 heteroatoms. The van der Waals surface area contributed by atoms with Gasteiger partial charge in [-0.3, -0.25) is 14.6 Å². The van der Waals surface area contributed by atoms with Crippen molar-refractivity contribution < 1.29 is 9.59 Å². The molecule has 5 rings (SSSR count). The van der Waals surface area contributed by atoms with Crippen LogP contribution in [0, 0.1) is 5.92 Å². The molecule has 3 aliphatic rings. The van der Waals surface area contributed by atoms with Crippen LogP contribution in [0.2, 0.25) is 0 Å². The Balaban J connectivity index is 1.19. The fourth-order valence-electron chi connectivity index (χ4n) is 5.58. The van der Waals surface area contributed by atoms with Crippen molar-refractivity contribution in [3.8, 4) is 0 Å². The molecule has 0 radical (unpaired) electrons. The molecule has 3 fully saturated rings. The standard InChI is InChI=1S/C25H32N4O2/c1-19-7-4-5-12-25(19)23(30)29(24(31)26-25)18-28-15-13-27(14-16-28)17-21-10-6-9-20-8-2-3-11-22(20)21/h2-3,6,8-11,19H,4-5,7,12-18H2,1H3,(H,26,31)/t19-,25+/m1/s1. The molecule has 6 nitrogen and oxygen atoms in total. The molecule has 1 spiro atoms.